The van der Waals surface area contributed by atoms with E-state index in [1.807, 2.05) is 54.7 Å². The summed E-state index contributed by atoms with van der Waals surface area (Å²) in [4.78, 5) is 25.5. The number of rotatable bonds is 6. The monoisotopic (exact) mass is 449 g/mol. The second kappa shape index (κ2) is 8.43. The standard InChI is InChI=1S/C21H22F3N5OS/c1-28(2)10-16-26-18(25-15-8-9-29(20(15)30)12-21(22,23)24)17-14(11-31-19(17)27-16)13-6-4-3-5-7-13/h3-7,11,15H,8-10,12H2,1-2H3,(H,25,26,27). The largest absolute Gasteiger partial charge is 0.406 e. The van der Waals surface area contributed by atoms with Gasteiger partial charge in [-0.3, -0.25) is 4.79 Å². The van der Waals surface area contributed by atoms with Gasteiger partial charge in [0, 0.05) is 17.5 Å². The van der Waals surface area contributed by atoms with Gasteiger partial charge in [0.25, 0.3) is 0 Å². The Morgan fingerprint density at radius 3 is 2.65 bits per heavy atom. The minimum absolute atomic E-state index is 0.0595. The van der Waals surface area contributed by atoms with Gasteiger partial charge in [0.15, 0.2) is 0 Å². The predicted molar refractivity (Wildman–Crippen MR) is 115 cm³/mol. The number of likely N-dealkylation sites (tertiary alicyclic amines) is 1. The van der Waals surface area contributed by atoms with Crippen LogP contribution in [0.1, 0.15) is 12.2 Å². The molecule has 10 heteroatoms. The molecule has 1 aliphatic heterocycles. The zero-order valence-corrected chi connectivity index (χ0v) is 17.9. The number of carbonyl (C=O) groups is 1. The molecule has 0 aliphatic carbocycles. The van der Waals surface area contributed by atoms with Crippen LogP contribution in [-0.4, -0.2) is 65.1 Å². The zero-order valence-electron chi connectivity index (χ0n) is 17.1. The van der Waals surface area contributed by atoms with Crippen molar-refractivity contribution in [2.45, 2.75) is 25.2 Å². The van der Waals surface area contributed by atoms with Gasteiger partial charge < -0.3 is 15.1 Å². The Hall–Kier alpha value is -2.72. The van der Waals surface area contributed by atoms with E-state index >= 15 is 0 Å². The van der Waals surface area contributed by atoms with Crippen molar-refractivity contribution in [3.63, 3.8) is 0 Å². The number of hydrogen-bond donors (Lipinski definition) is 1. The molecule has 31 heavy (non-hydrogen) atoms. The number of alkyl halides is 3. The molecule has 1 aromatic carbocycles. The molecule has 0 spiro atoms. The van der Waals surface area contributed by atoms with Crippen molar-refractivity contribution in [1.29, 1.82) is 0 Å². The summed E-state index contributed by atoms with van der Waals surface area (Å²) < 4.78 is 38.3. The third kappa shape index (κ3) is 4.80. The fourth-order valence-electron chi connectivity index (χ4n) is 3.69. The number of amides is 1. The molecule has 3 heterocycles. The van der Waals surface area contributed by atoms with Crippen molar-refractivity contribution in [3.05, 3.63) is 41.5 Å². The summed E-state index contributed by atoms with van der Waals surface area (Å²) >= 11 is 1.48. The Morgan fingerprint density at radius 2 is 1.97 bits per heavy atom. The molecule has 6 nitrogen and oxygen atoms in total. The fraction of sp³-hybridized carbons (Fsp3) is 0.381. The summed E-state index contributed by atoms with van der Waals surface area (Å²) in [5.41, 5.74) is 1.91. The first-order valence-electron chi connectivity index (χ1n) is 9.81. The van der Waals surface area contributed by atoms with E-state index in [4.69, 9.17) is 0 Å². The third-order valence-electron chi connectivity index (χ3n) is 5.00. The van der Waals surface area contributed by atoms with Crippen molar-refractivity contribution >= 4 is 33.3 Å². The van der Waals surface area contributed by atoms with Crippen LogP contribution in [0, 0.1) is 0 Å². The number of nitrogens with zero attached hydrogens (tertiary/aromatic N) is 4. The highest BCUT2D eigenvalue weighted by molar-refractivity contribution is 7.17. The van der Waals surface area contributed by atoms with Gasteiger partial charge in [0.1, 0.15) is 29.1 Å². The SMILES string of the molecule is CN(C)Cc1nc(NC2CCN(CC(F)(F)F)C2=O)c2c(-c3ccccc3)csc2n1. The minimum atomic E-state index is -4.42. The number of anilines is 1. The Balaban J connectivity index is 1.71. The second-order valence-electron chi connectivity index (χ2n) is 7.78. The van der Waals surface area contributed by atoms with Gasteiger partial charge in [-0.25, -0.2) is 9.97 Å². The molecular formula is C21H22F3N5OS. The maximum Gasteiger partial charge on any atom is 0.406 e. The van der Waals surface area contributed by atoms with Gasteiger partial charge in [-0.05, 0) is 26.1 Å². The normalized spacial score (nSPS) is 17.2. The van der Waals surface area contributed by atoms with Gasteiger partial charge in [-0.1, -0.05) is 30.3 Å². The van der Waals surface area contributed by atoms with Crippen molar-refractivity contribution in [2.75, 3.05) is 32.5 Å². The lowest BCUT2D eigenvalue weighted by molar-refractivity contribution is -0.157. The first-order valence-corrected chi connectivity index (χ1v) is 10.7. The lowest BCUT2D eigenvalue weighted by Gasteiger charge is -2.19. The molecule has 3 aromatic rings. The first kappa shape index (κ1) is 21.5. The lowest BCUT2D eigenvalue weighted by Crippen LogP contribution is -2.39. The molecule has 1 N–H and O–H groups in total. The number of thiophene rings is 1. The van der Waals surface area contributed by atoms with E-state index in [1.165, 1.54) is 11.3 Å². The van der Waals surface area contributed by atoms with Crippen LogP contribution < -0.4 is 5.32 Å². The number of fused-ring (bicyclic) bond motifs is 1. The highest BCUT2D eigenvalue weighted by Crippen LogP contribution is 2.37. The number of nitrogens with one attached hydrogen (secondary N) is 1. The Labute approximate surface area is 181 Å². The van der Waals surface area contributed by atoms with Crippen molar-refractivity contribution in [2.24, 2.45) is 0 Å². The van der Waals surface area contributed by atoms with E-state index in [1.54, 1.807) is 0 Å². The van der Waals surface area contributed by atoms with E-state index in [-0.39, 0.29) is 13.0 Å². The molecule has 0 saturated carbocycles. The van der Waals surface area contributed by atoms with Crippen molar-refractivity contribution < 1.29 is 18.0 Å². The van der Waals surface area contributed by atoms with Crippen LogP contribution >= 0.6 is 11.3 Å². The molecule has 1 fully saturated rings. The highest BCUT2D eigenvalue weighted by Gasteiger charge is 2.39. The van der Waals surface area contributed by atoms with Crippen LogP contribution in [0.5, 0.6) is 0 Å². The van der Waals surface area contributed by atoms with Gasteiger partial charge in [-0.15, -0.1) is 11.3 Å². The highest BCUT2D eigenvalue weighted by atomic mass is 32.1. The molecule has 1 saturated heterocycles. The Kier molecular flexibility index (Phi) is 5.85. The first-order chi connectivity index (χ1) is 14.7. The van der Waals surface area contributed by atoms with Crippen LogP contribution in [0.25, 0.3) is 21.3 Å². The maximum absolute atomic E-state index is 12.8. The smallest absolute Gasteiger partial charge is 0.358 e. The fourth-order valence-corrected chi connectivity index (χ4v) is 4.65. The zero-order chi connectivity index (χ0) is 22.2. The maximum atomic E-state index is 12.8. The molecule has 1 atom stereocenters. The molecule has 4 rings (SSSR count). The van der Waals surface area contributed by atoms with Crippen molar-refractivity contribution in [1.82, 2.24) is 19.8 Å². The minimum Gasteiger partial charge on any atom is -0.358 e. The van der Waals surface area contributed by atoms with E-state index in [0.717, 1.165) is 26.2 Å². The summed E-state index contributed by atoms with van der Waals surface area (Å²) in [5, 5.41) is 5.91. The average molecular weight is 450 g/mol. The predicted octanol–water partition coefficient (Wildman–Crippen LogP) is 4.00. The van der Waals surface area contributed by atoms with E-state index < -0.39 is 24.7 Å². The number of halogens is 3. The van der Waals surface area contributed by atoms with E-state index in [2.05, 4.69) is 15.3 Å². The van der Waals surface area contributed by atoms with Crippen LogP contribution in [0.4, 0.5) is 19.0 Å². The van der Waals surface area contributed by atoms with Crippen molar-refractivity contribution in [3.8, 4) is 11.1 Å². The molecule has 2 aromatic heterocycles. The number of hydrogen-bond acceptors (Lipinski definition) is 6. The van der Waals surface area contributed by atoms with Crippen LogP contribution in [-0.2, 0) is 11.3 Å². The summed E-state index contributed by atoms with van der Waals surface area (Å²) in [6, 6.07) is 8.99. The quantitative estimate of drug-likeness (QED) is 0.617. The van der Waals surface area contributed by atoms with E-state index in [9.17, 15) is 18.0 Å². The number of aromatic nitrogens is 2. The van der Waals surface area contributed by atoms with Gasteiger partial charge in [0.05, 0.1) is 11.9 Å². The van der Waals surface area contributed by atoms with Crippen LogP contribution in [0.3, 0.4) is 0 Å². The Morgan fingerprint density at radius 1 is 1.23 bits per heavy atom. The molecule has 0 radical (unpaired) electrons. The summed E-state index contributed by atoms with van der Waals surface area (Å²) in [7, 11) is 3.81. The molecule has 1 amide bonds. The second-order valence-corrected chi connectivity index (χ2v) is 8.64. The van der Waals surface area contributed by atoms with E-state index in [0.29, 0.717) is 18.2 Å². The third-order valence-corrected chi connectivity index (χ3v) is 5.87. The Bertz CT molecular complexity index is 1080. The van der Waals surface area contributed by atoms with Gasteiger partial charge >= 0.3 is 6.18 Å². The number of carbonyl (C=O) groups excluding carboxylic acids is 1. The van der Waals surface area contributed by atoms with Gasteiger partial charge in [0.2, 0.25) is 5.91 Å². The summed E-state index contributed by atoms with van der Waals surface area (Å²) in [5.74, 6) is 0.503. The number of benzene rings is 1. The van der Waals surface area contributed by atoms with Crippen LogP contribution in [0.2, 0.25) is 0 Å². The van der Waals surface area contributed by atoms with Gasteiger partial charge in [-0.2, -0.15) is 13.2 Å². The molecule has 1 aliphatic rings. The summed E-state index contributed by atoms with van der Waals surface area (Å²) in [6.45, 7) is -0.672. The summed E-state index contributed by atoms with van der Waals surface area (Å²) in [6.07, 6.45) is -4.13. The molecule has 164 valence electrons. The molecule has 1 unspecified atom stereocenters. The van der Waals surface area contributed by atoms with Crippen LogP contribution in [0.15, 0.2) is 35.7 Å². The average Bonchev–Trinajstić information content (AvgIpc) is 3.26. The molecular weight excluding hydrogens is 427 g/mol. The topological polar surface area (TPSA) is 61.4 Å². The molecule has 0 bridgehead atoms. The lowest BCUT2D eigenvalue weighted by atomic mass is 10.1.